The fourth-order valence-corrected chi connectivity index (χ4v) is 6.98. The molecular formula is C22H29NO2. The van der Waals surface area contributed by atoms with Crippen LogP contribution < -0.4 is 0 Å². The van der Waals surface area contributed by atoms with Crippen LogP contribution >= 0.6 is 0 Å². The van der Waals surface area contributed by atoms with Crippen LogP contribution in [0.2, 0.25) is 0 Å². The Hall–Kier alpha value is -1.40. The maximum absolute atomic E-state index is 11.9. The van der Waals surface area contributed by atoms with E-state index in [0.29, 0.717) is 12.3 Å². The van der Waals surface area contributed by atoms with Crippen molar-refractivity contribution in [2.45, 2.75) is 77.7 Å². The topological polar surface area (TPSA) is 41.7 Å². The Balaban J connectivity index is 1.76. The molecule has 0 unspecified atom stereocenters. The normalized spacial score (nSPS) is 48.0. The number of carbonyl (C=O) groups excluding carboxylic acids is 1. The lowest BCUT2D eigenvalue weighted by Gasteiger charge is -2.62. The van der Waals surface area contributed by atoms with E-state index in [0.717, 1.165) is 50.6 Å². The van der Waals surface area contributed by atoms with Crippen molar-refractivity contribution in [1.29, 1.82) is 0 Å². The molecule has 0 aliphatic heterocycles. The lowest BCUT2D eigenvalue weighted by Crippen LogP contribution is -2.62. The monoisotopic (exact) mass is 339 g/mol. The summed E-state index contributed by atoms with van der Waals surface area (Å²) in [5.74, 6) is 0.987. The largest absolute Gasteiger partial charge is 0.389 e. The van der Waals surface area contributed by atoms with Crippen LogP contribution in [0.5, 0.6) is 0 Å². The molecule has 4 aliphatic carbocycles. The van der Waals surface area contributed by atoms with Crippen LogP contribution in [-0.4, -0.2) is 16.5 Å². The van der Waals surface area contributed by atoms with Crippen LogP contribution in [0.15, 0.2) is 22.9 Å². The molecule has 0 spiro atoms. The predicted molar refractivity (Wildman–Crippen MR) is 97.5 cm³/mol. The second kappa shape index (κ2) is 5.30. The van der Waals surface area contributed by atoms with Gasteiger partial charge in [0, 0.05) is 11.8 Å². The summed E-state index contributed by atoms with van der Waals surface area (Å²) in [5.41, 5.74) is 2.56. The van der Waals surface area contributed by atoms with Gasteiger partial charge in [-0.2, -0.15) is 0 Å². The van der Waals surface area contributed by atoms with Gasteiger partial charge in [0.05, 0.1) is 12.2 Å². The van der Waals surface area contributed by atoms with Crippen LogP contribution in [0.4, 0.5) is 0 Å². The minimum Gasteiger partial charge on any atom is -0.389 e. The number of carbonyl (C=O) groups is 1. The molecule has 4 rings (SSSR count). The zero-order valence-corrected chi connectivity index (χ0v) is 15.7. The van der Waals surface area contributed by atoms with E-state index < -0.39 is 5.60 Å². The summed E-state index contributed by atoms with van der Waals surface area (Å²) >= 11 is 0. The number of allylic oxidation sites excluding steroid dienone is 2. The zero-order valence-electron chi connectivity index (χ0n) is 15.7. The standard InChI is InChI=1S/C22H29NO2/c1-14(23-4)17-7-8-18-19-6-5-15-13-16(24)9-10-21(15,3)22(19,25)12-11-20(17,18)2/h13,18-19,25H,5-12H2,1-3H3/b17-14-/t18-,19-,20+,21-,22+/m0/s1. The van der Waals surface area contributed by atoms with Crippen LogP contribution in [0.3, 0.4) is 0 Å². The Labute approximate surface area is 151 Å². The molecule has 4 aliphatic rings. The summed E-state index contributed by atoms with van der Waals surface area (Å²) in [6, 6.07) is 0. The number of fused-ring (bicyclic) bond motifs is 5. The molecule has 5 atom stereocenters. The number of hydrogen-bond donors (Lipinski definition) is 1. The molecule has 0 amide bonds. The van der Waals surface area contributed by atoms with Crippen LogP contribution in [0.25, 0.3) is 4.85 Å². The highest BCUT2D eigenvalue weighted by atomic mass is 16.3. The Morgan fingerprint density at radius 1 is 1.16 bits per heavy atom. The van der Waals surface area contributed by atoms with E-state index in [9.17, 15) is 9.90 Å². The summed E-state index contributed by atoms with van der Waals surface area (Å²) < 4.78 is 0. The Morgan fingerprint density at radius 2 is 1.88 bits per heavy atom. The van der Waals surface area contributed by atoms with E-state index in [4.69, 9.17) is 6.57 Å². The first-order valence-electron chi connectivity index (χ1n) is 9.80. The molecule has 3 heteroatoms. The molecule has 0 saturated heterocycles. The Kier molecular flexibility index (Phi) is 3.61. The minimum atomic E-state index is -0.691. The van der Waals surface area contributed by atoms with Crippen molar-refractivity contribution < 1.29 is 9.90 Å². The molecule has 0 aromatic heterocycles. The lowest BCUT2D eigenvalue weighted by molar-refractivity contribution is -0.183. The molecule has 1 N–H and O–H groups in total. The summed E-state index contributed by atoms with van der Waals surface area (Å²) in [7, 11) is 0. The maximum atomic E-state index is 11.9. The van der Waals surface area contributed by atoms with Crippen molar-refractivity contribution in [2.75, 3.05) is 0 Å². The van der Waals surface area contributed by atoms with Gasteiger partial charge < -0.3 is 5.11 Å². The van der Waals surface area contributed by atoms with Gasteiger partial charge in [-0.05, 0) is 75.2 Å². The third-order valence-corrected chi connectivity index (χ3v) is 8.54. The van der Waals surface area contributed by atoms with Gasteiger partial charge in [-0.25, -0.2) is 4.85 Å². The molecular weight excluding hydrogens is 310 g/mol. The van der Waals surface area contributed by atoms with E-state index in [2.05, 4.69) is 18.7 Å². The van der Waals surface area contributed by atoms with Gasteiger partial charge in [0.25, 0.3) is 0 Å². The highest BCUT2D eigenvalue weighted by Crippen LogP contribution is 2.68. The number of hydrogen-bond acceptors (Lipinski definition) is 2. The molecule has 0 bridgehead atoms. The third kappa shape index (κ3) is 2.04. The lowest BCUT2D eigenvalue weighted by atomic mass is 9.45. The summed E-state index contributed by atoms with van der Waals surface area (Å²) in [4.78, 5) is 15.7. The van der Waals surface area contributed by atoms with E-state index in [-0.39, 0.29) is 22.5 Å². The van der Waals surface area contributed by atoms with E-state index >= 15 is 0 Å². The summed E-state index contributed by atoms with van der Waals surface area (Å²) in [6.07, 6.45) is 8.99. The highest BCUT2D eigenvalue weighted by Gasteiger charge is 2.64. The number of ketones is 1. The van der Waals surface area contributed by atoms with Crippen LogP contribution in [-0.2, 0) is 4.79 Å². The first-order chi connectivity index (χ1) is 11.8. The average Bonchev–Trinajstić information content (AvgIpc) is 2.93. The summed E-state index contributed by atoms with van der Waals surface area (Å²) in [6.45, 7) is 13.9. The molecule has 0 aromatic carbocycles. The maximum Gasteiger partial charge on any atom is 0.162 e. The smallest absolute Gasteiger partial charge is 0.162 e. The predicted octanol–water partition coefficient (Wildman–Crippen LogP) is 4.83. The number of nitrogens with zero attached hydrogens (tertiary/aromatic N) is 1. The molecule has 3 fully saturated rings. The third-order valence-electron chi connectivity index (χ3n) is 8.54. The second-order valence-electron chi connectivity index (χ2n) is 9.28. The van der Waals surface area contributed by atoms with E-state index in [1.54, 1.807) is 0 Å². The van der Waals surface area contributed by atoms with Gasteiger partial charge in [0.1, 0.15) is 0 Å². The van der Waals surface area contributed by atoms with Crippen LogP contribution in [0.1, 0.15) is 72.1 Å². The van der Waals surface area contributed by atoms with Gasteiger partial charge in [-0.3, -0.25) is 4.79 Å². The first-order valence-corrected chi connectivity index (χ1v) is 9.80. The highest BCUT2D eigenvalue weighted by molar-refractivity contribution is 5.91. The van der Waals surface area contributed by atoms with Gasteiger partial charge >= 0.3 is 0 Å². The van der Waals surface area contributed by atoms with Crippen molar-refractivity contribution in [3.05, 3.63) is 34.3 Å². The fourth-order valence-electron chi connectivity index (χ4n) is 6.98. The van der Waals surface area contributed by atoms with Gasteiger partial charge in [-0.15, -0.1) is 0 Å². The van der Waals surface area contributed by atoms with E-state index in [1.165, 1.54) is 11.1 Å². The quantitative estimate of drug-likeness (QED) is 0.643. The van der Waals surface area contributed by atoms with Crippen LogP contribution in [0, 0.1) is 29.2 Å². The molecule has 0 aromatic rings. The van der Waals surface area contributed by atoms with Crippen molar-refractivity contribution in [3.63, 3.8) is 0 Å². The molecule has 25 heavy (non-hydrogen) atoms. The zero-order chi connectivity index (χ0) is 18.0. The molecule has 134 valence electrons. The average molecular weight is 339 g/mol. The number of rotatable bonds is 0. The molecule has 0 radical (unpaired) electrons. The summed E-state index contributed by atoms with van der Waals surface area (Å²) in [5, 5.41) is 11.9. The molecule has 3 saturated carbocycles. The Morgan fingerprint density at radius 3 is 2.60 bits per heavy atom. The van der Waals surface area contributed by atoms with Gasteiger partial charge in [0.15, 0.2) is 11.5 Å². The van der Waals surface area contributed by atoms with E-state index in [1.807, 2.05) is 13.0 Å². The van der Waals surface area contributed by atoms with Crippen molar-refractivity contribution in [1.82, 2.24) is 0 Å². The second-order valence-corrected chi connectivity index (χ2v) is 9.28. The van der Waals surface area contributed by atoms with Crippen molar-refractivity contribution in [2.24, 2.45) is 22.7 Å². The number of aliphatic hydroxyl groups is 1. The SMILES string of the molecule is [C-]#[N+]/C(C)=C1/CC[C@H]2[C@@H]3CCC4=CC(=O)CC[C@]4(C)[C@@]3(O)CC[C@]12C. The fraction of sp³-hybridized carbons (Fsp3) is 0.727. The Bertz CT molecular complexity index is 742. The first kappa shape index (κ1) is 17.0. The minimum absolute atomic E-state index is 0.0770. The van der Waals surface area contributed by atoms with Crippen molar-refractivity contribution >= 4 is 5.78 Å². The molecule has 0 heterocycles. The van der Waals surface area contributed by atoms with Crippen molar-refractivity contribution in [3.8, 4) is 0 Å². The van der Waals surface area contributed by atoms with Gasteiger partial charge in [0.2, 0.25) is 0 Å². The van der Waals surface area contributed by atoms with Gasteiger partial charge in [-0.1, -0.05) is 25.0 Å². The molecule has 3 nitrogen and oxygen atoms in total.